The van der Waals surface area contributed by atoms with E-state index in [1.165, 1.54) is 9.71 Å². The zero-order valence-corrected chi connectivity index (χ0v) is 17.2. The molecule has 2 aromatic rings. The van der Waals surface area contributed by atoms with E-state index in [0.717, 1.165) is 11.1 Å². The molecule has 0 saturated carbocycles. The molecule has 2 aromatic carbocycles. The second kappa shape index (κ2) is 8.90. The van der Waals surface area contributed by atoms with E-state index in [0.29, 0.717) is 36.6 Å². The topological polar surface area (TPSA) is 66.5 Å². The van der Waals surface area contributed by atoms with Crippen molar-refractivity contribution in [1.82, 2.24) is 4.31 Å². The molecule has 1 heterocycles. The average Bonchev–Trinajstić information content (AvgIpc) is 2.71. The summed E-state index contributed by atoms with van der Waals surface area (Å²) < 4.78 is 26.5. The van der Waals surface area contributed by atoms with Crippen LogP contribution in [0.1, 0.15) is 24.0 Å². The molecule has 0 atom stereocenters. The fourth-order valence-corrected chi connectivity index (χ4v) is 4.56. The second-order valence-electron chi connectivity index (χ2n) is 6.83. The number of hydrogen-bond acceptors (Lipinski definition) is 3. The Hall–Kier alpha value is -2.15. The van der Waals surface area contributed by atoms with E-state index in [-0.39, 0.29) is 11.8 Å². The van der Waals surface area contributed by atoms with E-state index in [4.69, 9.17) is 11.6 Å². The number of benzene rings is 2. The molecule has 0 bridgehead atoms. The van der Waals surface area contributed by atoms with Crippen LogP contribution < -0.4 is 5.32 Å². The summed E-state index contributed by atoms with van der Waals surface area (Å²) in [7, 11) is -3.50. The summed E-state index contributed by atoms with van der Waals surface area (Å²) in [4.78, 5) is 12.6. The highest BCUT2D eigenvalue weighted by Gasteiger charge is 2.30. The van der Waals surface area contributed by atoms with Crippen molar-refractivity contribution in [2.45, 2.75) is 19.8 Å². The van der Waals surface area contributed by atoms with Crippen molar-refractivity contribution in [3.63, 3.8) is 0 Å². The Morgan fingerprint density at radius 3 is 2.46 bits per heavy atom. The van der Waals surface area contributed by atoms with Gasteiger partial charge in [-0.1, -0.05) is 48.0 Å². The number of carbonyl (C=O) groups is 1. The van der Waals surface area contributed by atoms with Gasteiger partial charge in [0.2, 0.25) is 15.9 Å². The van der Waals surface area contributed by atoms with E-state index in [1.54, 1.807) is 18.2 Å². The van der Waals surface area contributed by atoms with Crippen molar-refractivity contribution in [2.75, 3.05) is 18.4 Å². The highest BCUT2D eigenvalue weighted by Crippen LogP contribution is 2.26. The van der Waals surface area contributed by atoms with Crippen LogP contribution in [0.5, 0.6) is 0 Å². The maximum Gasteiger partial charge on any atom is 0.236 e. The van der Waals surface area contributed by atoms with Gasteiger partial charge in [-0.15, -0.1) is 0 Å². The smallest absolute Gasteiger partial charge is 0.236 e. The Bertz CT molecular complexity index is 966. The zero-order chi connectivity index (χ0) is 20.1. The lowest BCUT2D eigenvalue weighted by Crippen LogP contribution is -2.40. The summed E-state index contributed by atoms with van der Waals surface area (Å²) in [6, 6.07) is 14.7. The maximum absolute atomic E-state index is 12.6. The number of sulfonamides is 1. The third kappa shape index (κ3) is 5.01. The number of halogens is 1. The van der Waals surface area contributed by atoms with Crippen molar-refractivity contribution in [3.8, 4) is 0 Å². The quantitative estimate of drug-likeness (QED) is 0.787. The van der Waals surface area contributed by atoms with Crippen LogP contribution in [0.25, 0.3) is 6.08 Å². The number of nitrogens with zero attached hydrogens (tertiary/aromatic N) is 1. The van der Waals surface area contributed by atoms with Crippen molar-refractivity contribution >= 4 is 39.3 Å². The highest BCUT2D eigenvalue weighted by molar-refractivity contribution is 7.92. The first-order valence-corrected chi connectivity index (χ1v) is 11.0. The van der Waals surface area contributed by atoms with Crippen molar-refractivity contribution in [2.24, 2.45) is 5.92 Å². The van der Waals surface area contributed by atoms with Gasteiger partial charge in [0.15, 0.2) is 0 Å². The van der Waals surface area contributed by atoms with E-state index < -0.39 is 10.0 Å². The summed E-state index contributed by atoms with van der Waals surface area (Å²) in [5.74, 6) is -0.315. The molecule has 1 fully saturated rings. The molecule has 0 spiro atoms. The predicted octanol–water partition coefficient (Wildman–Crippen LogP) is 4.30. The summed E-state index contributed by atoms with van der Waals surface area (Å²) in [5.41, 5.74) is 2.35. The summed E-state index contributed by atoms with van der Waals surface area (Å²) in [6.07, 6.45) is 2.57. The van der Waals surface area contributed by atoms with E-state index >= 15 is 0 Å². The molecule has 5 nitrogen and oxygen atoms in total. The first-order chi connectivity index (χ1) is 13.4. The molecule has 1 aliphatic heterocycles. The largest absolute Gasteiger partial charge is 0.326 e. The molecule has 1 amide bonds. The van der Waals surface area contributed by atoms with Gasteiger partial charge < -0.3 is 5.32 Å². The van der Waals surface area contributed by atoms with Gasteiger partial charge in [-0.05, 0) is 49.1 Å². The lowest BCUT2D eigenvalue weighted by molar-refractivity contribution is -0.120. The van der Waals surface area contributed by atoms with Gasteiger partial charge in [-0.25, -0.2) is 8.42 Å². The van der Waals surface area contributed by atoms with E-state index in [1.807, 2.05) is 43.3 Å². The third-order valence-corrected chi connectivity index (χ3v) is 6.92. The molecule has 0 aliphatic carbocycles. The van der Waals surface area contributed by atoms with E-state index in [9.17, 15) is 13.2 Å². The lowest BCUT2D eigenvalue weighted by Gasteiger charge is -2.29. The number of piperidine rings is 1. The van der Waals surface area contributed by atoms with Gasteiger partial charge in [0.25, 0.3) is 0 Å². The van der Waals surface area contributed by atoms with Crippen LogP contribution in [0.4, 0.5) is 5.69 Å². The van der Waals surface area contributed by atoms with Gasteiger partial charge in [-0.3, -0.25) is 4.79 Å². The van der Waals surface area contributed by atoms with Crippen LogP contribution in [0.15, 0.2) is 53.9 Å². The molecule has 0 aromatic heterocycles. The fraction of sp³-hybridized carbons (Fsp3) is 0.286. The molecule has 28 heavy (non-hydrogen) atoms. The first-order valence-electron chi connectivity index (χ1n) is 9.16. The molecular weight excluding hydrogens is 396 g/mol. The van der Waals surface area contributed by atoms with Crippen LogP contribution in [-0.4, -0.2) is 31.7 Å². The van der Waals surface area contributed by atoms with Crippen LogP contribution in [0.2, 0.25) is 5.02 Å². The minimum Gasteiger partial charge on any atom is -0.326 e. The van der Waals surface area contributed by atoms with Gasteiger partial charge in [0.1, 0.15) is 0 Å². The van der Waals surface area contributed by atoms with Crippen molar-refractivity contribution < 1.29 is 13.2 Å². The van der Waals surface area contributed by atoms with Gasteiger partial charge in [-0.2, -0.15) is 4.31 Å². The first kappa shape index (κ1) is 20.6. The minimum atomic E-state index is -3.50. The van der Waals surface area contributed by atoms with Gasteiger partial charge >= 0.3 is 0 Å². The highest BCUT2D eigenvalue weighted by atomic mass is 35.5. The van der Waals surface area contributed by atoms with Crippen LogP contribution in [0, 0.1) is 12.8 Å². The third-order valence-electron chi connectivity index (χ3n) is 4.94. The Morgan fingerprint density at radius 1 is 1.11 bits per heavy atom. The standard InChI is InChI=1S/C21H23ClN2O3S/c1-16-19(22)8-5-9-20(16)23-21(25)18-10-13-24(14-11-18)28(26,27)15-12-17-6-3-2-4-7-17/h2-9,12,15,18H,10-11,13-14H2,1H3,(H,23,25)/b15-12+. The lowest BCUT2D eigenvalue weighted by atomic mass is 9.97. The number of anilines is 1. The number of carbonyl (C=O) groups excluding carboxylic acids is 1. The van der Waals surface area contributed by atoms with Crippen molar-refractivity contribution in [3.05, 3.63) is 70.1 Å². The normalized spacial score (nSPS) is 16.4. The Balaban J connectivity index is 1.58. The number of amides is 1. The average molecular weight is 419 g/mol. The monoisotopic (exact) mass is 418 g/mol. The number of rotatable bonds is 5. The molecule has 7 heteroatoms. The maximum atomic E-state index is 12.6. The van der Waals surface area contributed by atoms with Crippen LogP contribution >= 0.6 is 11.6 Å². The molecule has 1 aliphatic rings. The second-order valence-corrected chi connectivity index (χ2v) is 9.06. The summed E-state index contributed by atoms with van der Waals surface area (Å²) in [5, 5.41) is 4.75. The molecule has 0 unspecified atom stereocenters. The van der Waals surface area contributed by atoms with Crippen LogP contribution in [-0.2, 0) is 14.8 Å². The molecular formula is C21H23ClN2O3S. The van der Waals surface area contributed by atoms with Crippen LogP contribution in [0.3, 0.4) is 0 Å². The molecule has 3 rings (SSSR count). The summed E-state index contributed by atoms with van der Waals surface area (Å²) in [6.45, 7) is 2.51. The zero-order valence-electron chi connectivity index (χ0n) is 15.6. The van der Waals surface area contributed by atoms with Crippen molar-refractivity contribution in [1.29, 1.82) is 0 Å². The molecule has 1 saturated heterocycles. The molecule has 148 valence electrons. The predicted molar refractivity (Wildman–Crippen MR) is 114 cm³/mol. The Kier molecular flexibility index (Phi) is 6.54. The summed E-state index contributed by atoms with van der Waals surface area (Å²) >= 11 is 6.10. The Morgan fingerprint density at radius 2 is 1.79 bits per heavy atom. The Labute approximate surface area is 171 Å². The molecule has 1 N–H and O–H groups in total. The van der Waals surface area contributed by atoms with E-state index in [2.05, 4.69) is 5.32 Å². The van der Waals surface area contributed by atoms with Gasteiger partial charge in [0, 0.05) is 35.1 Å². The SMILES string of the molecule is Cc1c(Cl)cccc1NC(=O)C1CCN(S(=O)(=O)/C=C/c2ccccc2)CC1. The van der Waals surface area contributed by atoms with Gasteiger partial charge in [0.05, 0.1) is 0 Å². The minimum absolute atomic E-state index is 0.0951. The fourth-order valence-electron chi connectivity index (χ4n) is 3.16. The number of nitrogens with one attached hydrogen (secondary N) is 1. The number of hydrogen-bond donors (Lipinski definition) is 1. The molecule has 0 radical (unpaired) electrons.